The number of nitrogens with zero attached hydrogens (tertiary/aromatic N) is 1. The van der Waals surface area contributed by atoms with Crippen molar-refractivity contribution in [3.63, 3.8) is 0 Å². The zero-order chi connectivity index (χ0) is 44.2. The molecule has 11 aromatic rings. The zero-order valence-electron chi connectivity index (χ0n) is 37.1. The van der Waals surface area contributed by atoms with Crippen molar-refractivity contribution < 1.29 is 0 Å². The van der Waals surface area contributed by atoms with E-state index >= 15 is 0 Å². The van der Waals surface area contributed by atoms with Crippen LogP contribution in [0.1, 0.15) is 11.1 Å². The topological polar surface area (TPSA) is 3.24 Å². The summed E-state index contributed by atoms with van der Waals surface area (Å²) in [4.78, 5) is 2.38. The second kappa shape index (κ2) is 16.2. The van der Waals surface area contributed by atoms with Crippen molar-refractivity contribution in [1.82, 2.24) is 0 Å². The van der Waals surface area contributed by atoms with E-state index in [4.69, 9.17) is 0 Å². The van der Waals surface area contributed by atoms with Crippen LogP contribution in [0, 0.1) is 0 Å². The van der Waals surface area contributed by atoms with Crippen LogP contribution in [-0.4, -0.2) is 8.07 Å². The van der Waals surface area contributed by atoms with Gasteiger partial charge in [-0.3, -0.25) is 0 Å². The van der Waals surface area contributed by atoms with Crippen molar-refractivity contribution in [2.45, 2.75) is 13.1 Å². The first kappa shape index (κ1) is 39.5. The van der Waals surface area contributed by atoms with E-state index in [0.29, 0.717) is 0 Å². The first-order valence-corrected chi connectivity index (χ1v) is 26.0. The Bertz CT molecular complexity index is 3590. The molecule has 11 aromatic carbocycles. The van der Waals surface area contributed by atoms with Crippen LogP contribution < -0.4 is 15.3 Å². The highest BCUT2D eigenvalue weighted by molar-refractivity contribution is 7.03. The van der Waals surface area contributed by atoms with Gasteiger partial charge >= 0.3 is 0 Å². The van der Waals surface area contributed by atoms with Crippen LogP contribution in [0.15, 0.2) is 237 Å². The van der Waals surface area contributed by atoms with Gasteiger partial charge in [0.25, 0.3) is 0 Å². The van der Waals surface area contributed by atoms with Gasteiger partial charge in [0, 0.05) is 17.1 Å². The molecule has 0 aliphatic carbocycles. The third-order valence-electron chi connectivity index (χ3n) is 13.8. The molecule has 1 heterocycles. The third-order valence-corrected chi connectivity index (χ3v) is 17.3. The minimum Gasteiger partial charge on any atom is -0.311 e. The largest absolute Gasteiger partial charge is 0.311 e. The van der Waals surface area contributed by atoms with Gasteiger partial charge in [-0.2, -0.15) is 0 Å². The normalized spacial score (nSPS) is 12.8. The molecule has 0 radical (unpaired) electrons. The molecule has 312 valence electrons. The maximum Gasteiger partial charge on any atom is 0.113 e. The van der Waals surface area contributed by atoms with Crippen molar-refractivity contribution in [1.29, 1.82) is 0 Å². The minimum absolute atomic E-state index is 1.16. The van der Waals surface area contributed by atoms with Gasteiger partial charge in [-0.15, -0.1) is 0 Å². The van der Waals surface area contributed by atoms with Crippen LogP contribution in [0.5, 0.6) is 0 Å². The summed E-state index contributed by atoms with van der Waals surface area (Å²) in [5.41, 5.74) is 16.0. The molecule has 0 fully saturated rings. The van der Waals surface area contributed by atoms with E-state index in [2.05, 4.69) is 267 Å². The summed E-state index contributed by atoms with van der Waals surface area (Å²) in [6.07, 6.45) is 4.56. The number of benzene rings is 11. The molecular weight excluding hydrogens is 811 g/mol. The summed E-state index contributed by atoms with van der Waals surface area (Å²) in [6.45, 7) is 5.02. The van der Waals surface area contributed by atoms with Gasteiger partial charge in [-0.05, 0) is 141 Å². The first-order valence-electron chi connectivity index (χ1n) is 23.0. The SMILES string of the molecule is C[Si]1(C)c2cc(/C=C/c3ccc(-c4cc(-c5ccccc5)c5c6ccccc6c6ccccc6c5c4-c4ccccc4)cc3)ccc2-c2ccc(N(c3ccccc3)c3ccccc3)cc21. The number of para-hydroxylation sites is 2. The van der Waals surface area contributed by atoms with Gasteiger partial charge in [-0.25, -0.2) is 0 Å². The predicted molar refractivity (Wildman–Crippen MR) is 288 cm³/mol. The lowest BCUT2D eigenvalue weighted by Gasteiger charge is -2.27. The van der Waals surface area contributed by atoms with Crippen molar-refractivity contribution >= 4 is 80.0 Å². The van der Waals surface area contributed by atoms with Gasteiger partial charge in [0.2, 0.25) is 0 Å². The fraction of sp³-hybridized carbons (Fsp3) is 0.0312. The molecule has 0 saturated carbocycles. The number of hydrogen-bond acceptors (Lipinski definition) is 1. The Morgan fingerprint density at radius 2 is 0.773 bits per heavy atom. The predicted octanol–water partition coefficient (Wildman–Crippen LogP) is 16.6. The lowest BCUT2D eigenvalue weighted by Crippen LogP contribution is -2.49. The average molecular weight is 858 g/mol. The van der Waals surface area contributed by atoms with Crippen LogP contribution in [-0.2, 0) is 0 Å². The third kappa shape index (κ3) is 6.69. The van der Waals surface area contributed by atoms with E-state index in [1.807, 2.05) is 0 Å². The monoisotopic (exact) mass is 857 g/mol. The highest BCUT2D eigenvalue weighted by atomic mass is 28.3. The van der Waals surface area contributed by atoms with Crippen molar-refractivity contribution in [2.75, 3.05) is 4.90 Å². The number of rotatable bonds is 8. The highest BCUT2D eigenvalue weighted by Crippen LogP contribution is 2.49. The Labute approximate surface area is 388 Å². The Hall–Kier alpha value is -8.04. The van der Waals surface area contributed by atoms with E-state index in [0.717, 1.165) is 11.4 Å². The lowest BCUT2D eigenvalue weighted by atomic mass is 9.81. The molecule has 1 nitrogen and oxygen atoms in total. The van der Waals surface area contributed by atoms with Crippen molar-refractivity contribution in [3.05, 3.63) is 248 Å². The smallest absolute Gasteiger partial charge is 0.113 e. The molecular formula is C64H47NSi. The molecule has 2 heteroatoms. The molecule has 0 unspecified atom stereocenters. The summed E-state index contributed by atoms with van der Waals surface area (Å²) < 4.78 is 0. The fourth-order valence-corrected chi connectivity index (χ4v) is 13.7. The Kier molecular flexibility index (Phi) is 9.70. The molecule has 66 heavy (non-hydrogen) atoms. The fourth-order valence-electron chi connectivity index (χ4n) is 10.6. The molecule has 0 saturated heterocycles. The molecule has 0 aromatic heterocycles. The first-order chi connectivity index (χ1) is 32.5. The van der Waals surface area contributed by atoms with Crippen molar-refractivity contribution in [2.24, 2.45) is 0 Å². The summed E-state index contributed by atoms with van der Waals surface area (Å²) in [5, 5.41) is 10.7. The van der Waals surface area contributed by atoms with Gasteiger partial charge < -0.3 is 4.90 Å². The van der Waals surface area contributed by atoms with E-state index in [1.165, 1.54) is 104 Å². The minimum atomic E-state index is -2.02. The van der Waals surface area contributed by atoms with E-state index in [9.17, 15) is 0 Å². The maximum atomic E-state index is 2.51. The molecule has 12 rings (SSSR count). The standard InChI is InChI=1S/C64H47NSi/c1-66(2)60-41-45(35-39-54(60)55-40-38-51(42-61(55)66)65(49-23-11-5-12-24-49)50-25-13-6-14-26-50)32-31-44-33-36-47(37-34-44)58-43-59(46-19-7-3-8-20-46)63-56-29-17-15-27-52(56)53-28-16-18-30-57(53)64(63)62(58)48-21-9-4-10-22-48/h3-43H,1-2H3/b32-31+. The van der Waals surface area contributed by atoms with Crippen LogP contribution in [0.4, 0.5) is 17.1 Å². The van der Waals surface area contributed by atoms with Gasteiger partial charge in [-0.1, -0.05) is 219 Å². The van der Waals surface area contributed by atoms with Gasteiger partial charge in [0.15, 0.2) is 0 Å². The Morgan fingerprint density at radius 3 is 1.38 bits per heavy atom. The van der Waals surface area contributed by atoms with Crippen LogP contribution >= 0.6 is 0 Å². The second-order valence-electron chi connectivity index (χ2n) is 18.0. The summed E-state index contributed by atoms with van der Waals surface area (Å²) in [7, 11) is -2.02. The number of anilines is 3. The van der Waals surface area contributed by atoms with E-state index in [-0.39, 0.29) is 0 Å². The maximum absolute atomic E-state index is 2.51. The molecule has 0 amide bonds. The van der Waals surface area contributed by atoms with Crippen molar-refractivity contribution in [3.8, 4) is 44.5 Å². The average Bonchev–Trinajstić information content (AvgIpc) is 3.61. The van der Waals surface area contributed by atoms with Crippen LogP contribution in [0.2, 0.25) is 13.1 Å². The van der Waals surface area contributed by atoms with E-state index < -0.39 is 8.07 Å². The molecule has 0 bridgehead atoms. The Balaban J connectivity index is 0.926. The van der Waals surface area contributed by atoms with Crippen LogP contribution in [0.3, 0.4) is 0 Å². The Morgan fingerprint density at radius 1 is 0.318 bits per heavy atom. The van der Waals surface area contributed by atoms with Gasteiger partial charge in [0.05, 0.1) is 0 Å². The quantitative estimate of drug-likeness (QED) is 0.0836. The summed E-state index contributed by atoms with van der Waals surface area (Å²) in [5.74, 6) is 0. The zero-order valence-corrected chi connectivity index (χ0v) is 38.1. The summed E-state index contributed by atoms with van der Waals surface area (Å²) in [6, 6.07) is 87.0. The molecule has 0 N–H and O–H groups in total. The lowest BCUT2D eigenvalue weighted by molar-refractivity contribution is 1.29. The van der Waals surface area contributed by atoms with Gasteiger partial charge in [0.1, 0.15) is 8.07 Å². The summed E-state index contributed by atoms with van der Waals surface area (Å²) >= 11 is 0. The van der Waals surface area contributed by atoms with Crippen LogP contribution in [0.25, 0.3) is 89.0 Å². The second-order valence-corrected chi connectivity index (χ2v) is 22.4. The molecule has 0 atom stereocenters. The number of fused-ring (bicyclic) bond motifs is 9. The molecule has 1 aliphatic rings. The molecule has 1 aliphatic heterocycles. The number of hydrogen-bond donors (Lipinski definition) is 0. The highest BCUT2D eigenvalue weighted by Gasteiger charge is 2.38. The molecule has 0 spiro atoms. The van der Waals surface area contributed by atoms with E-state index in [1.54, 1.807) is 0 Å².